The number of guanidine groups is 1. The number of thiazole rings is 1. The Kier molecular flexibility index (Phi) is 11.0. The number of carbonyl (C=O) groups is 1. The van der Waals surface area contributed by atoms with Crippen molar-refractivity contribution in [2.45, 2.75) is 40.3 Å². The minimum atomic E-state index is -0.0566. The molecule has 2 rings (SSSR count). The van der Waals surface area contributed by atoms with Crippen molar-refractivity contribution in [2.75, 3.05) is 13.1 Å². The topological polar surface area (TPSA) is 78.4 Å². The second-order valence-corrected chi connectivity index (χ2v) is 6.88. The van der Waals surface area contributed by atoms with Crippen molar-refractivity contribution in [1.82, 2.24) is 20.9 Å². The number of halogens is 1. The molecule has 1 amide bonds. The van der Waals surface area contributed by atoms with Crippen LogP contribution in [0, 0.1) is 0 Å². The van der Waals surface area contributed by atoms with Gasteiger partial charge >= 0.3 is 0 Å². The van der Waals surface area contributed by atoms with Crippen molar-refractivity contribution in [3.8, 4) is 0 Å². The number of hydrogen-bond donors (Lipinski definition) is 3. The molecular weight excluding hydrogens is 473 g/mol. The number of benzene rings is 1. The standard InChI is InChI=1S/C19H27N5OS.HI/c1-4-16-12-22-17(26-16)13-24-19(21-6-3)23-11-14-8-7-9-15(10-14)18(25)20-5-2;/h7-10,12H,4-6,11,13H2,1-3H3,(H,20,25)(H2,21,23,24);1H. The van der Waals surface area contributed by atoms with Gasteiger partial charge in [0, 0.05) is 29.7 Å². The van der Waals surface area contributed by atoms with Gasteiger partial charge in [-0.25, -0.2) is 9.98 Å². The lowest BCUT2D eigenvalue weighted by Crippen LogP contribution is -2.36. The number of nitrogens with one attached hydrogen (secondary N) is 3. The van der Waals surface area contributed by atoms with E-state index in [9.17, 15) is 4.79 Å². The van der Waals surface area contributed by atoms with Gasteiger partial charge in [0.1, 0.15) is 5.01 Å². The summed E-state index contributed by atoms with van der Waals surface area (Å²) in [6.45, 7) is 8.62. The molecule has 8 heteroatoms. The number of aryl methyl sites for hydroxylation is 1. The van der Waals surface area contributed by atoms with Crippen LogP contribution in [-0.2, 0) is 19.5 Å². The summed E-state index contributed by atoms with van der Waals surface area (Å²) in [5, 5.41) is 10.4. The third-order valence-electron chi connectivity index (χ3n) is 3.65. The van der Waals surface area contributed by atoms with Gasteiger partial charge in [0.25, 0.3) is 5.91 Å². The lowest BCUT2D eigenvalue weighted by atomic mass is 10.1. The maximum atomic E-state index is 11.9. The largest absolute Gasteiger partial charge is 0.357 e. The van der Waals surface area contributed by atoms with Crippen molar-refractivity contribution in [3.63, 3.8) is 0 Å². The molecule has 0 bridgehead atoms. The van der Waals surface area contributed by atoms with E-state index in [1.54, 1.807) is 11.3 Å². The highest BCUT2D eigenvalue weighted by Gasteiger charge is 2.06. The number of nitrogens with zero attached hydrogens (tertiary/aromatic N) is 2. The van der Waals surface area contributed by atoms with Crippen molar-refractivity contribution < 1.29 is 4.79 Å². The summed E-state index contributed by atoms with van der Waals surface area (Å²) < 4.78 is 0. The number of hydrogen-bond acceptors (Lipinski definition) is 4. The van der Waals surface area contributed by atoms with E-state index >= 15 is 0 Å². The zero-order chi connectivity index (χ0) is 18.8. The average Bonchev–Trinajstić information content (AvgIpc) is 3.12. The Morgan fingerprint density at radius 2 is 1.93 bits per heavy atom. The van der Waals surface area contributed by atoms with Gasteiger partial charge < -0.3 is 16.0 Å². The van der Waals surface area contributed by atoms with E-state index in [-0.39, 0.29) is 29.9 Å². The van der Waals surface area contributed by atoms with Crippen LogP contribution >= 0.6 is 35.3 Å². The highest BCUT2D eigenvalue weighted by molar-refractivity contribution is 14.0. The first kappa shape index (κ1) is 23.4. The molecule has 1 aromatic carbocycles. The molecule has 0 aliphatic carbocycles. The van der Waals surface area contributed by atoms with E-state index in [1.807, 2.05) is 44.3 Å². The Bertz CT molecular complexity index is 747. The predicted molar refractivity (Wildman–Crippen MR) is 123 cm³/mol. The molecule has 148 valence electrons. The second-order valence-electron chi connectivity index (χ2n) is 5.68. The molecule has 0 spiro atoms. The average molecular weight is 501 g/mol. The molecule has 0 aliphatic heterocycles. The number of amides is 1. The predicted octanol–water partition coefficient (Wildman–Crippen LogP) is 3.33. The van der Waals surface area contributed by atoms with E-state index < -0.39 is 0 Å². The van der Waals surface area contributed by atoms with E-state index in [1.165, 1.54) is 4.88 Å². The Labute approximate surface area is 182 Å². The Hall–Kier alpha value is -1.68. The normalized spacial score (nSPS) is 10.9. The maximum Gasteiger partial charge on any atom is 0.251 e. The summed E-state index contributed by atoms with van der Waals surface area (Å²) in [5.74, 6) is 0.683. The molecule has 0 atom stereocenters. The molecule has 0 saturated carbocycles. The summed E-state index contributed by atoms with van der Waals surface area (Å²) >= 11 is 1.72. The molecule has 0 saturated heterocycles. The first-order valence-corrected chi connectivity index (χ1v) is 9.80. The molecule has 6 nitrogen and oxygen atoms in total. The van der Waals surface area contributed by atoms with Gasteiger partial charge in [-0.3, -0.25) is 4.79 Å². The lowest BCUT2D eigenvalue weighted by molar-refractivity contribution is 0.0955. The lowest BCUT2D eigenvalue weighted by Gasteiger charge is -2.10. The van der Waals surface area contributed by atoms with Gasteiger partial charge in [-0.05, 0) is 38.0 Å². The molecule has 0 unspecified atom stereocenters. The fraction of sp³-hybridized carbons (Fsp3) is 0.421. The van der Waals surface area contributed by atoms with Crippen LogP contribution in [0.5, 0.6) is 0 Å². The van der Waals surface area contributed by atoms with Crippen LogP contribution in [-0.4, -0.2) is 29.9 Å². The number of aromatic nitrogens is 1. The van der Waals surface area contributed by atoms with Gasteiger partial charge in [0.05, 0.1) is 13.1 Å². The highest BCUT2D eigenvalue weighted by atomic mass is 127. The Morgan fingerprint density at radius 1 is 1.15 bits per heavy atom. The van der Waals surface area contributed by atoms with Gasteiger partial charge in [-0.2, -0.15) is 0 Å². The Morgan fingerprint density at radius 3 is 2.59 bits per heavy atom. The van der Waals surface area contributed by atoms with Crippen LogP contribution < -0.4 is 16.0 Å². The summed E-state index contributed by atoms with van der Waals surface area (Å²) in [7, 11) is 0. The van der Waals surface area contributed by atoms with E-state index in [0.717, 1.165) is 29.5 Å². The molecule has 3 N–H and O–H groups in total. The van der Waals surface area contributed by atoms with Crippen LogP contribution in [0.15, 0.2) is 35.5 Å². The molecule has 0 fully saturated rings. The van der Waals surface area contributed by atoms with Gasteiger partial charge in [0.2, 0.25) is 0 Å². The van der Waals surface area contributed by atoms with Gasteiger partial charge in [-0.15, -0.1) is 35.3 Å². The minimum Gasteiger partial charge on any atom is -0.357 e. The fourth-order valence-corrected chi connectivity index (χ4v) is 3.14. The van der Waals surface area contributed by atoms with E-state index in [2.05, 4.69) is 32.9 Å². The quantitative estimate of drug-likeness (QED) is 0.295. The fourth-order valence-electron chi connectivity index (χ4n) is 2.34. The van der Waals surface area contributed by atoms with Crippen LogP contribution in [0.25, 0.3) is 0 Å². The number of aliphatic imine (C=N–C) groups is 1. The van der Waals surface area contributed by atoms with Crippen molar-refractivity contribution >= 4 is 47.2 Å². The monoisotopic (exact) mass is 501 g/mol. The Balaban J connectivity index is 0.00000364. The summed E-state index contributed by atoms with van der Waals surface area (Å²) in [5.41, 5.74) is 1.65. The zero-order valence-electron chi connectivity index (χ0n) is 16.0. The smallest absolute Gasteiger partial charge is 0.251 e. The summed E-state index contributed by atoms with van der Waals surface area (Å²) in [6.07, 6.45) is 2.94. The molecule has 2 aromatic rings. The number of carbonyl (C=O) groups excluding carboxylic acids is 1. The van der Waals surface area contributed by atoms with Gasteiger partial charge in [-0.1, -0.05) is 19.1 Å². The van der Waals surface area contributed by atoms with Crippen LogP contribution in [0.1, 0.15) is 46.6 Å². The molecule has 1 aromatic heterocycles. The second kappa shape index (κ2) is 12.7. The van der Waals surface area contributed by atoms with Crippen molar-refractivity contribution in [1.29, 1.82) is 0 Å². The first-order valence-electron chi connectivity index (χ1n) is 8.99. The van der Waals surface area contributed by atoms with Crippen LogP contribution in [0.4, 0.5) is 0 Å². The minimum absolute atomic E-state index is 0. The zero-order valence-corrected chi connectivity index (χ0v) is 19.2. The SMILES string of the molecule is CCNC(=O)c1cccc(CN=C(NCC)NCc2ncc(CC)s2)c1.I. The van der Waals surface area contributed by atoms with E-state index in [0.29, 0.717) is 25.2 Å². The van der Waals surface area contributed by atoms with E-state index in [4.69, 9.17) is 0 Å². The third kappa shape index (κ3) is 7.84. The van der Waals surface area contributed by atoms with Crippen molar-refractivity contribution in [2.24, 2.45) is 4.99 Å². The molecule has 1 heterocycles. The summed E-state index contributed by atoms with van der Waals surface area (Å²) in [6, 6.07) is 7.56. The number of rotatable bonds is 8. The van der Waals surface area contributed by atoms with Crippen molar-refractivity contribution in [3.05, 3.63) is 51.5 Å². The molecule has 27 heavy (non-hydrogen) atoms. The summed E-state index contributed by atoms with van der Waals surface area (Å²) in [4.78, 5) is 22.3. The first-order chi connectivity index (χ1) is 12.7. The van der Waals surface area contributed by atoms with Crippen LogP contribution in [0.3, 0.4) is 0 Å². The maximum absolute atomic E-state index is 11.9. The highest BCUT2D eigenvalue weighted by Crippen LogP contribution is 2.12. The van der Waals surface area contributed by atoms with Gasteiger partial charge in [0.15, 0.2) is 5.96 Å². The third-order valence-corrected chi connectivity index (χ3v) is 4.79. The molecular formula is C19H28IN5OS. The molecule has 0 radical (unpaired) electrons. The van der Waals surface area contributed by atoms with Crippen LogP contribution in [0.2, 0.25) is 0 Å². The molecule has 0 aliphatic rings.